The molecule has 0 atom stereocenters. The van der Waals surface area contributed by atoms with Gasteiger partial charge in [-0.25, -0.2) is 9.97 Å². The third-order valence-corrected chi connectivity index (χ3v) is 4.30. The van der Waals surface area contributed by atoms with E-state index in [0.717, 1.165) is 17.2 Å². The van der Waals surface area contributed by atoms with Gasteiger partial charge in [-0.2, -0.15) is 9.61 Å². The lowest BCUT2D eigenvalue weighted by atomic mass is 10.1. The van der Waals surface area contributed by atoms with Crippen molar-refractivity contribution in [1.29, 1.82) is 0 Å². The molecular weight excluding hydrogens is 328 g/mol. The predicted octanol–water partition coefficient (Wildman–Crippen LogP) is 2.74. The van der Waals surface area contributed by atoms with Crippen molar-refractivity contribution in [2.24, 2.45) is 0 Å². The molecule has 0 aliphatic heterocycles. The molecule has 3 heterocycles. The highest BCUT2D eigenvalue weighted by atomic mass is 16.1. The smallest absolute Gasteiger partial charge is 0.258 e. The van der Waals surface area contributed by atoms with Crippen LogP contribution in [0.3, 0.4) is 0 Å². The lowest BCUT2D eigenvalue weighted by molar-refractivity contribution is 0.805. The Morgan fingerprint density at radius 1 is 1.19 bits per heavy atom. The van der Waals surface area contributed by atoms with Gasteiger partial charge in [0.1, 0.15) is 11.6 Å². The van der Waals surface area contributed by atoms with Gasteiger partial charge in [-0.15, -0.1) is 0 Å². The Morgan fingerprint density at radius 3 is 2.88 bits per heavy atom. The second-order valence-electron chi connectivity index (χ2n) is 6.53. The molecule has 0 amide bonds. The molecule has 7 heteroatoms. The molecule has 0 fully saturated rings. The van der Waals surface area contributed by atoms with Crippen LogP contribution >= 0.6 is 0 Å². The van der Waals surface area contributed by atoms with Crippen LogP contribution in [0, 0.1) is 0 Å². The first kappa shape index (κ1) is 16.3. The Bertz CT molecular complexity index is 1130. The van der Waals surface area contributed by atoms with Gasteiger partial charge in [0.25, 0.3) is 5.56 Å². The topological polar surface area (TPSA) is 88.0 Å². The van der Waals surface area contributed by atoms with Crippen molar-refractivity contribution in [1.82, 2.24) is 24.6 Å². The molecule has 0 saturated heterocycles. The maximum Gasteiger partial charge on any atom is 0.258 e. The van der Waals surface area contributed by atoms with Gasteiger partial charge < -0.3 is 10.3 Å². The van der Waals surface area contributed by atoms with Crippen LogP contribution in [-0.2, 0) is 6.42 Å². The Kier molecular flexibility index (Phi) is 4.12. The van der Waals surface area contributed by atoms with Crippen molar-refractivity contribution in [3.05, 3.63) is 64.5 Å². The van der Waals surface area contributed by atoms with Gasteiger partial charge in [0.15, 0.2) is 5.65 Å². The Morgan fingerprint density at radius 2 is 2.04 bits per heavy atom. The maximum absolute atomic E-state index is 12.2. The molecular formula is C19H20N6O. The lowest BCUT2D eigenvalue weighted by Crippen LogP contribution is -2.16. The molecule has 26 heavy (non-hydrogen) atoms. The Hall–Kier alpha value is -3.22. The van der Waals surface area contributed by atoms with Gasteiger partial charge in [-0.05, 0) is 18.1 Å². The lowest BCUT2D eigenvalue weighted by Gasteiger charge is -2.12. The summed E-state index contributed by atoms with van der Waals surface area (Å²) in [6.07, 6.45) is 2.34. The predicted molar refractivity (Wildman–Crippen MR) is 102 cm³/mol. The van der Waals surface area contributed by atoms with Gasteiger partial charge >= 0.3 is 0 Å². The summed E-state index contributed by atoms with van der Waals surface area (Å²) in [5.74, 6) is 1.87. The van der Waals surface area contributed by atoms with Gasteiger partial charge in [0.05, 0.1) is 17.1 Å². The van der Waals surface area contributed by atoms with Crippen molar-refractivity contribution in [3.8, 4) is 0 Å². The van der Waals surface area contributed by atoms with Crippen LogP contribution in [0.25, 0.3) is 16.6 Å². The number of aromatic amines is 1. The first-order chi connectivity index (χ1) is 12.6. The Labute approximate surface area is 150 Å². The first-order valence-electron chi connectivity index (χ1n) is 8.68. The van der Waals surface area contributed by atoms with Crippen LogP contribution in [0.5, 0.6) is 0 Å². The summed E-state index contributed by atoms with van der Waals surface area (Å²) in [4.78, 5) is 24.2. The summed E-state index contributed by atoms with van der Waals surface area (Å²) in [6, 6.07) is 11.3. The molecule has 3 aromatic heterocycles. The van der Waals surface area contributed by atoms with Crippen LogP contribution in [0.2, 0.25) is 0 Å². The number of para-hydroxylation sites is 1. The van der Waals surface area contributed by atoms with E-state index in [4.69, 9.17) is 0 Å². The van der Waals surface area contributed by atoms with E-state index in [1.165, 1.54) is 0 Å². The van der Waals surface area contributed by atoms with Crippen LogP contribution in [0.15, 0.2) is 47.4 Å². The fraction of sp³-hybridized carbons (Fsp3) is 0.263. The highest BCUT2D eigenvalue weighted by Crippen LogP contribution is 2.18. The molecule has 4 rings (SSSR count). The van der Waals surface area contributed by atoms with Crippen LogP contribution in [0.4, 0.5) is 5.82 Å². The van der Waals surface area contributed by atoms with Crippen molar-refractivity contribution in [2.75, 3.05) is 11.9 Å². The molecule has 4 aromatic rings. The minimum atomic E-state index is -0.105. The Balaban J connectivity index is 1.56. The number of H-pyrrole nitrogens is 1. The molecule has 0 unspecified atom stereocenters. The van der Waals surface area contributed by atoms with Crippen molar-refractivity contribution in [3.63, 3.8) is 0 Å². The minimum Gasteiger partial charge on any atom is -0.369 e. The molecule has 7 nitrogen and oxygen atoms in total. The molecule has 0 radical (unpaired) electrons. The van der Waals surface area contributed by atoms with Crippen LogP contribution in [0.1, 0.15) is 31.3 Å². The number of hydrogen-bond donors (Lipinski definition) is 2. The number of aromatic nitrogens is 5. The third-order valence-electron chi connectivity index (χ3n) is 4.30. The summed E-state index contributed by atoms with van der Waals surface area (Å²) in [5.41, 5.74) is 2.44. The number of nitrogens with one attached hydrogen (secondary N) is 2. The van der Waals surface area contributed by atoms with Crippen LogP contribution in [-0.4, -0.2) is 31.1 Å². The SMILES string of the molecule is CC(C)c1cc(NCCc2nc3ccccc3c(=O)[nH]2)n2nccc2n1. The largest absolute Gasteiger partial charge is 0.369 e. The highest BCUT2D eigenvalue weighted by molar-refractivity contribution is 5.77. The fourth-order valence-corrected chi connectivity index (χ4v) is 2.92. The number of anilines is 1. The summed E-state index contributed by atoms with van der Waals surface area (Å²) < 4.78 is 1.78. The van der Waals surface area contributed by atoms with Crippen molar-refractivity contribution < 1.29 is 0 Å². The summed E-state index contributed by atoms with van der Waals surface area (Å²) in [7, 11) is 0. The zero-order chi connectivity index (χ0) is 18.1. The molecule has 1 aromatic carbocycles. The number of hydrogen-bond acceptors (Lipinski definition) is 5. The molecule has 132 valence electrons. The number of fused-ring (bicyclic) bond motifs is 2. The fourth-order valence-electron chi connectivity index (χ4n) is 2.92. The highest BCUT2D eigenvalue weighted by Gasteiger charge is 2.09. The minimum absolute atomic E-state index is 0.105. The zero-order valence-electron chi connectivity index (χ0n) is 14.7. The summed E-state index contributed by atoms with van der Waals surface area (Å²) in [5, 5.41) is 8.31. The van der Waals surface area contributed by atoms with E-state index in [-0.39, 0.29) is 5.56 Å². The molecule has 0 bridgehead atoms. The number of rotatable bonds is 5. The molecule has 0 spiro atoms. The van der Waals surface area contributed by atoms with E-state index in [1.54, 1.807) is 16.8 Å². The van der Waals surface area contributed by atoms with E-state index in [2.05, 4.69) is 39.2 Å². The second-order valence-corrected chi connectivity index (χ2v) is 6.53. The zero-order valence-corrected chi connectivity index (χ0v) is 14.7. The van der Waals surface area contributed by atoms with E-state index in [0.29, 0.717) is 35.6 Å². The third kappa shape index (κ3) is 3.03. The molecule has 0 saturated carbocycles. The summed E-state index contributed by atoms with van der Waals surface area (Å²) >= 11 is 0. The second kappa shape index (κ2) is 6.59. The van der Waals surface area contributed by atoms with Crippen LogP contribution < -0.4 is 10.9 Å². The average Bonchev–Trinajstić information content (AvgIpc) is 3.10. The van der Waals surface area contributed by atoms with Crippen molar-refractivity contribution >= 4 is 22.4 Å². The quantitative estimate of drug-likeness (QED) is 0.579. The normalized spacial score (nSPS) is 11.5. The van der Waals surface area contributed by atoms with E-state index in [9.17, 15) is 4.79 Å². The van der Waals surface area contributed by atoms with E-state index in [1.807, 2.05) is 30.3 Å². The standard InChI is InChI=1S/C19H20N6O/c1-12(2)15-11-18(25-17(23-15)8-10-21-25)20-9-7-16-22-14-6-4-3-5-13(14)19(26)24-16/h3-6,8,10-12,20H,7,9H2,1-2H3,(H,22,24,26). The summed E-state index contributed by atoms with van der Waals surface area (Å²) in [6.45, 7) is 4.85. The number of benzene rings is 1. The molecule has 0 aliphatic carbocycles. The van der Waals surface area contributed by atoms with Gasteiger partial charge in [0.2, 0.25) is 0 Å². The average molecular weight is 348 g/mol. The van der Waals surface area contributed by atoms with E-state index >= 15 is 0 Å². The molecule has 0 aliphatic rings. The van der Waals surface area contributed by atoms with Gasteiger partial charge in [-0.1, -0.05) is 26.0 Å². The molecule has 2 N–H and O–H groups in total. The van der Waals surface area contributed by atoms with Crippen molar-refractivity contribution in [2.45, 2.75) is 26.2 Å². The van der Waals surface area contributed by atoms with E-state index < -0.39 is 0 Å². The monoisotopic (exact) mass is 348 g/mol. The number of nitrogens with zero attached hydrogens (tertiary/aromatic N) is 4. The van der Waals surface area contributed by atoms with Gasteiger partial charge in [0, 0.05) is 30.8 Å². The van der Waals surface area contributed by atoms with Gasteiger partial charge in [-0.3, -0.25) is 4.79 Å². The maximum atomic E-state index is 12.2. The first-order valence-corrected chi connectivity index (χ1v) is 8.68.